The Morgan fingerprint density at radius 1 is 1.19 bits per heavy atom. The highest BCUT2D eigenvalue weighted by atomic mass is 16.3. The number of amides is 2. The van der Waals surface area contributed by atoms with Crippen LogP contribution in [0.5, 0.6) is 0 Å². The molecule has 1 aromatic carbocycles. The van der Waals surface area contributed by atoms with E-state index in [0.717, 1.165) is 0 Å². The van der Waals surface area contributed by atoms with Gasteiger partial charge < -0.3 is 21.5 Å². The maximum Gasteiger partial charge on any atom is 0.251 e. The molecule has 0 aliphatic rings. The number of nitrogen functional groups attached to an aromatic ring is 1. The summed E-state index contributed by atoms with van der Waals surface area (Å²) in [6.45, 7) is 3.53. The van der Waals surface area contributed by atoms with Gasteiger partial charge in [-0.2, -0.15) is 0 Å². The molecule has 0 aliphatic heterocycles. The first-order valence-electron chi connectivity index (χ1n) is 7.02. The summed E-state index contributed by atoms with van der Waals surface area (Å²) in [6.07, 6.45) is 1.25. The van der Waals surface area contributed by atoms with Crippen molar-refractivity contribution < 1.29 is 14.7 Å². The van der Waals surface area contributed by atoms with Crippen molar-refractivity contribution in [2.75, 3.05) is 18.9 Å². The third kappa shape index (κ3) is 4.75. The van der Waals surface area contributed by atoms with Crippen molar-refractivity contribution in [1.29, 1.82) is 0 Å². The highest BCUT2D eigenvalue weighted by Gasteiger charge is 2.27. The normalized spacial score (nSPS) is 11.0. The molecule has 21 heavy (non-hydrogen) atoms. The smallest absolute Gasteiger partial charge is 0.251 e. The first kappa shape index (κ1) is 17.0. The van der Waals surface area contributed by atoms with E-state index in [-0.39, 0.29) is 25.0 Å². The van der Waals surface area contributed by atoms with Gasteiger partial charge in [0.15, 0.2) is 0 Å². The monoisotopic (exact) mass is 293 g/mol. The van der Waals surface area contributed by atoms with Crippen LogP contribution >= 0.6 is 0 Å². The summed E-state index contributed by atoms with van der Waals surface area (Å²) in [4.78, 5) is 23.7. The van der Waals surface area contributed by atoms with E-state index in [2.05, 4.69) is 10.6 Å². The molecule has 0 bridgehead atoms. The molecular weight excluding hydrogens is 270 g/mol. The zero-order chi connectivity index (χ0) is 15.9. The number of nitrogens with two attached hydrogens (primary N) is 1. The molecule has 0 unspecified atom stereocenters. The van der Waals surface area contributed by atoms with Gasteiger partial charge in [0.2, 0.25) is 5.91 Å². The standard InChI is InChI=1S/C15H23N3O3/c1-3-15(4-2,10-19)18-13(20)9-17-14(21)11-5-7-12(16)8-6-11/h5-8,19H,3-4,9-10,16H2,1-2H3,(H,17,21)(H,18,20). The Morgan fingerprint density at radius 2 is 1.76 bits per heavy atom. The molecule has 0 aliphatic carbocycles. The van der Waals surface area contributed by atoms with E-state index in [1.165, 1.54) is 0 Å². The lowest BCUT2D eigenvalue weighted by molar-refractivity contribution is -0.122. The fraction of sp³-hybridized carbons (Fsp3) is 0.467. The Bertz CT molecular complexity index is 473. The molecular formula is C15H23N3O3. The van der Waals surface area contributed by atoms with Crippen molar-refractivity contribution >= 4 is 17.5 Å². The molecule has 1 rings (SSSR count). The van der Waals surface area contributed by atoms with Crippen LogP contribution < -0.4 is 16.4 Å². The highest BCUT2D eigenvalue weighted by Crippen LogP contribution is 2.13. The minimum Gasteiger partial charge on any atom is -0.399 e. The van der Waals surface area contributed by atoms with Crippen LogP contribution in [-0.4, -0.2) is 35.6 Å². The van der Waals surface area contributed by atoms with Crippen molar-refractivity contribution in [2.45, 2.75) is 32.2 Å². The first-order valence-corrected chi connectivity index (χ1v) is 7.02. The van der Waals surface area contributed by atoms with Crippen LogP contribution in [0.1, 0.15) is 37.0 Å². The number of rotatable bonds is 7. The molecule has 0 spiro atoms. The number of nitrogens with one attached hydrogen (secondary N) is 2. The molecule has 5 N–H and O–H groups in total. The van der Waals surface area contributed by atoms with Gasteiger partial charge in [-0.15, -0.1) is 0 Å². The molecule has 6 nitrogen and oxygen atoms in total. The molecule has 0 saturated carbocycles. The average Bonchev–Trinajstić information content (AvgIpc) is 2.51. The minimum atomic E-state index is -0.622. The van der Waals surface area contributed by atoms with Gasteiger partial charge in [-0.05, 0) is 37.1 Å². The molecule has 2 amide bonds. The number of hydrogen-bond donors (Lipinski definition) is 4. The zero-order valence-corrected chi connectivity index (χ0v) is 12.5. The Labute approximate surface area is 124 Å². The summed E-state index contributed by atoms with van der Waals surface area (Å²) in [5.41, 5.74) is 5.94. The second-order valence-corrected chi connectivity index (χ2v) is 5.00. The average molecular weight is 293 g/mol. The second-order valence-electron chi connectivity index (χ2n) is 5.00. The molecule has 0 heterocycles. The van der Waals surface area contributed by atoms with Crippen molar-refractivity contribution in [1.82, 2.24) is 10.6 Å². The molecule has 0 saturated heterocycles. The summed E-state index contributed by atoms with van der Waals surface area (Å²) < 4.78 is 0. The van der Waals surface area contributed by atoms with E-state index < -0.39 is 5.54 Å². The Balaban J connectivity index is 2.53. The number of benzene rings is 1. The van der Waals surface area contributed by atoms with Crippen molar-refractivity contribution in [2.24, 2.45) is 0 Å². The van der Waals surface area contributed by atoms with Gasteiger partial charge in [-0.3, -0.25) is 9.59 Å². The Morgan fingerprint density at radius 3 is 2.24 bits per heavy atom. The van der Waals surface area contributed by atoms with Gasteiger partial charge in [-0.1, -0.05) is 13.8 Å². The topological polar surface area (TPSA) is 104 Å². The van der Waals surface area contributed by atoms with Crippen LogP contribution in [0.25, 0.3) is 0 Å². The van der Waals surface area contributed by atoms with Gasteiger partial charge in [0, 0.05) is 11.3 Å². The van der Waals surface area contributed by atoms with Gasteiger partial charge in [0.05, 0.1) is 18.7 Å². The zero-order valence-electron chi connectivity index (χ0n) is 12.5. The van der Waals surface area contributed by atoms with E-state index >= 15 is 0 Å². The quantitative estimate of drug-likeness (QED) is 0.554. The van der Waals surface area contributed by atoms with E-state index in [1.54, 1.807) is 24.3 Å². The fourth-order valence-corrected chi connectivity index (χ4v) is 1.93. The van der Waals surface area contributed by atoms with E-state index in [9.17, 15) is 14.7 Å². The van der Waals surface area contributed by atoms with Crippen molar-refractivity contribution in [3.63, 3.8) is 0 Å². The SMILES string of the molecule is CCC(CC)(CO)NC(=O)CNC(=O)c1ccc(N)cc1. The van der Waals surface area contributed by atoms with E-state index in [1.807, 2.05) is 13.8 Å². The molecule has 0 radical (unpaired) electrons. The number of carbonyl (C=O) groups excluding carboxylic acids is 2. The molecule has 1 aromatic rings. The van der Waals surface area contributed by atoms with E-state index in [0.29, 0.717) is 24.1 Å². The minimum absolute atomic E-state index is 0.127. The third-order valence-electron chi connectivity index (χ3n) is 3.64. The molecule has 0 fully saturated rings. The number of carbonyl (C=O) groups is 2. The largest absolute Gasteiger partial charge is 0.399 e. The third-order valence-corrected chi connectivity index (χ3v) is 3.64. The Kier molecular flexibility index (Phi) is 6.17. The molecule has 116 valence electrons. The van der Waals surface area contributed by atoms with Gasteiger partial charge in [0.1, 0.15) is 0 Å². The number of anilines is 1. The molecule has 0 aromatic heterocycles. The predicted molar refractivity (Wildman–Crippen MR) is 81.7 cm³/mol. The first-order chi connectivity index (χ1) is 9.96. The van der Waals surface area contributed by atoms with Crippen LogP contribution in [0, 0.1) is 0 Å². The highest BCUT2D eigenvalue weighted by molar-refractivity contribution is 5.96. The Hall–Kier alpha value is -2.08. The van der Waals surface area contributed by atoms with Crippen LogP contribution in [0.4, 0.5) is 5.69 Å². The molecule has 6 heteroatoms. The van der Waals surface area contributed by atoms with Gasteiger partial charge in [0.25, 0.3) is 5.91 Å². The summed E-state index contributed by atoms with van der Waals surface area (Å²) in [5.74, 6) is -0.663. The summed E-state index contributed by atoms with van der Waals surface area (Å²) in [6, 6.07) is 6.44. The van der Waals surface area contributed by atoms with Crippen LogP contribution in [0.2, 0.25) is 0 Å². The lowest BCUT2D eigenvalue weighted by Crippen LogP contribution is -2.53. The van der Waals surface area contributed by atoms with Crippen molar-refractivity contribution in [3.8, 4) is 0 Å². The number of aliphatic hydroxyl groups excluding tert-OH is 1. The molecule has 0 atom stereocenters. The predicted octanol–water partition coefficient (Wildman–Crippen LogP) is 0.666. The van der Waals surface area contributed by atoms with Crippen LogP contribution in [0.3, 0.4) is 0 Å². The van der Waals surface area contributed by atoms with Gasteiger partial charge in [-0.25, -0.2) is 0 Å². The second kappa shape index (κ2) is 7.64. The summed E-state index contributed by atoms with van der Waals surface area (Å²) in [5, 5.41) is 14.7. The van der Waals surface area contributed by atoms with Crippen LogP contribution in [0.15, 0.2) is 24.3 Å². The summed E-state index contributed by atoms with van der Waals surface area (Å²) in [7, 11) is 0. The number of hydrogen-bond acceptors (Lipinski definition) is 4. The van der Waals surface area contributed by atoms with Crippen LogP contribution in [-0.2, 0) is 4.79 Å². The van der Waals surface area contributed by atoms with E-state index in [4.69, 9.17) is 5.73 Å². The maximum atomic E-state index is 11.9. The summed E-state index contributed by atoms with van der Waals surface area (Å²) >= 11 is 0. The lowest BCUT2D eigenvalue weighted by atomic mass is 9.94. The lowest BCUT2D eigenvalue weighted by Gasteiger charge is -2.30. The van der Waals surface area contributed by atoms with Gasteiger partial charge >= 0.3 is 0 Å². The fourth-order valence-electron chi connectivity index (χ4n) is 1.93. The maximum absolute atomic E-state index is 11.9. The number of aliphatic hydroxyl groups is 1. The van der Waals surface area contributed by atoms with Crippen molar-refractivity contribution in [3.05, 3.63) is 29.8 Å².